The summed E-state index contributed by atoms with van der Waals surface area (Å²) in [5, 5.41) is 15.5. The molecule has 1 heterocycles. The fourth-order valence-corrected chi connectivity index (χ4v) is 3.00. The summed E-state index contributed by atoms with van der Waals surface area (Å²) in [5.74, 6) is 0.573. The summed E-state index contributed by atoms with van der Waals surface area (Å²) in [6.45, 7) is 3.16. The van der Waals surface area contributed by atoms with Crippen molar-refractivity contribution in [3.8, 4) is 34.0 Å². The van der Waals surface area contributed by atoms with Gasteiger partial charge in [-0.3, -0.25) is 4.79 Å². The van der Waals surface area contributed by atoms with E-state index < -0.39 is 5.69 Å². The Hall–Kier alpha value is -3.65. The lowest BCUT2D eigenvalue weighted by Gasteiger charge is -2.09. The van der Waals surface area contributed by atoms with Gasteiger partial charge in [-0.2, -0.15) is 4.98 Å². The van der Waals surface area contributed by atoms with Crippen molar-refractivity contribution in [1.29, 1.82) is 0 Å². The zero-order chi connectivity index (χ0) is 22.2. The van der Waals surface area contributed by atoms with Gasteiger partial charge in [0.2, 0.25) is 0 Å². The van der Waals surface area contributed by atoms with Gasteiger partial charge in [-0.15, -0.1) is 0 Å². The molecule has 0 unspecified atom stereocenters. The number of H-pyrrole nitrogens is 1. The number of phenols is 1. The molecule has 162 valence electrons. The first-order valence-corrected chi connectivity index (χ1v) is 10.0. The van der Waals surface area contributed by atoms with Crippen LogP contribution in [0.5, 0.6) is 11.5 Å². The van der Waals surface area contributed by atoms with Crippen LogP contribution in [-0.2, 0) is 4.79 Å². The van der Waals surface area contributed by atoms with Gasteiger partial charge in [-0.1, -0.05) is 0 Å². The molecule has 3 rings (SSSR count). The molecule has 3 aromatic rings. The molecule has 8 heteroatoms. The molecule has 0 radical (unpaired) electrons. The van der Waals surface area contributed by atoms with Crippen LogP contribution < -0.4 is 21.1 Å². The number of aromatic amines is 1. The third kappa shape index (κ3) is 6.16. The largest absolute Gasteiger partial charge is 0.508 e. The van der Waals surface area contributed by atoms with Gasteiger partial charge in [0.05, 0.1) is 11.4 Å². The van der Waals surface area contributed by atoms with Crippen LogP contribution in [0.25, 0.3) is 22.5 Å². The normalized spacial score (nSPS) is 10.6. The number of aryl methyl sites for hydroxylation is 1. The van der Waals surface area contributed by atoms with Gasteiger partial charge in [0.1, 0.15) is 11.5 Å². The molecule has 0 spiro atoms. The van der Waals surface area contributed by atoms with Gasteiger partial charge in [0, 0.05) is 12.1 Å². The molecular weight excluding hydrogens is 396 g/mol. The zero-order valence-corrected chi connectivity index (χ0v) is 17.6. The van der Waals surface area contributed by atoms with Crippen LogP contribution in [0, 0.1) is 6.92 Å². The van der Waals surface area contributed by atoms with Gasteiger partial charge in [-0.05, 0) is 86.6 Å². The van der Waals surface area contributed by atoms with Gasteiger partial charge in [0.15, 0.2) is 6.61 Å². The molecule has 2 aromatic carbocycles. The Morgan fingerprint density at radius 3 is 2.55 bits per heavy atom. The quantitative estimate of drug-likeness (QED) is 0.393. The number of hydrogen-bond donors (Lipinski definition) is 4. The number of hydrogen-bond acceptors (Lipinski definition) is 6. The average molecular weight is 422 g/mol. The number of amides is 1. The molecule has 0 fully saturated rings. The first-order chi connectivity index (χ1) is 15.0. The summed E-state index contributed by atoms with van der Waals surface area (Å²) >= 11 is 0. The van der Waals surface area contributed by atoms with Crippen molar-refractivity contribution in [2.45, 2.75) is 13.3 Å². The molecule has 0 atom stereocenters. The molecule has 0 aliphatic heterocycles. The minimum atomic E-state index is -0.464. The number of rotatable bonds is 9. The number of nitrogens with zero attached hydrogens (tertiary/aromatic N) is 1. The van der Waals surface area contributed by atoms with Crippen molar-refractivity contribution in [3.63, 3.8) is 0 Å². The second-order valence-electron chi connectivity index (χ2n) is 7.11. The van der Waals surface area contributed by atoms with Crippen LogP contribution in [0.4, 0.5) is 0 Å². The number of ether oxygens (including phenoxy) is 1. The van der Waals surface area contributed by atoms with E-state index in [4.69, 9.17) is 4.74 Å². The van der Waals surface area contributed by atoms with Crippen molar-refractivity contribution in [3.05, 3.63) is 64.6 Å². The number of aromatic hydroxyl groups is 1. The number of carbonyl (C=O) groups is 1. The molecular formula is C23H26N4O4. The summed E-state index contributed by atoms with van der Waals surface area (Å²) in [7, 11) is 1.87. The Morgan fingerprint density at radius 2 is 1.84 bits per heavy atom. The molecule has 1 amide bonds. The van der Waals surface area contributed by atoms with E-state index in [1.54, 1.807) is 55.5 Å². The van der Waals surface area contributed by atoms with Crippen LogP contribution in [0.3, 0.4) is 0 Å². The lowest BCUT2D eigenvalue weighted by Crippen LogP contribution is -2.30. The molecule has 0 saturated heterocycles. The zero-order valence-electron chi connectivity index (χ0n) is 17.6. The van der Waals surface area contributed by atoms with E-state index in [0.29, 0.717) is 29.2 Å². The lowest BCUT2D eigenvalue weighted by atomic mass is 10.1. The maximum atomic E-state index is 12.1. The highest BCUT2D eigenvalue weighted by Gasteiger charge is 2.08. The Bertz CT molecular complexity index is 1090. The van der Waals surface area contributed by atoms with Crippen molar-refractivity contribution < 1.29 is 14.6 Å². The van der Waals surface area contributed by atoms with Gasteiger partial charge < -0.3 is 25.5 Å². The molecule has 4 N–H and O–H groups in total. The summed E-state index contributed by atoms with van der Waals surface area (Å²) < 4.78 is 5.52. The van der Waals surface area contributed by atoms with Crippen LogP contribution in [0.1, 0.15) is 12.0 Å². The third-order valence-corrected chi connectivity index (χ3v) is 4.70. The van der Waals surface area contributed by atoms with E-state index in [9.17, 15) is 14.7 Å². The Kier molecular flexibility index (Phi) is 7.40. The van der Waals surface area contributed by atoms with E-state index in [-0.39, 0.29) is 18.3 Å². The highest BCUT2D eigenvalue weighted by molar-refractivity contribution is 5.77. The second kappa shape index (κ2) is 10.4. The summed E-state index contributed by atoms with van der Waals surface area (Å²) in [5.41, 5.74) is 2.87. The molecule has 0 saturated carbocycles. The summed E-state index contributed by atoms with van der Waals surface area (Å²) in [6, 6.07) is 13.9. The number of benzene rings is 2. The second-order valence-corrected chi connectivity index (χ2v) is 7.11. The predicted molar refractivity (Wildman–Crippen MR) is 119 cm³/mol. The Labute approximate surface area is 180 Å². The van der Waals surface area contributed by atoms with Crippen LogP contribution in [0.2, 0.25) is 0 Å². The predicted octanol–water partition coefficient (Wildman–Crippen LogP) is 2.22. The van der Waals surface area contributed by atoms with Crippen molar-refractivity contribution in [2.75, 3.05) is 26.7 Å². The van der Waals surface area contributed by atoms with E-state index in [2.05, 4.69) is 20.6 Å². The van der Waals surface area contributed by atoms with Gasteiger partial charge in [-0.25, -0.2) is 4.79 Å². The number of nitrogens with one attached hydrogen (secondary N) is 3. The smallest absolute Gasteiger partial charge is 0.345 e. The number of carbonyl (C=O) groups excluding carboxylic acids is 1. The number of aromatic nitrogens is 2. The fourth-order valence-electron chi connectivity index (χ4n) is 3.00. The van der Waals surface area contributed by atoms with Crippen LogP contribution in [-0.4, -0.2) is 47.7 Å². The monoisotopic (exact) mass is 422 g/mol. The topological polar surface area (TPSA) is 116 Å². The van der Waals surface area contributed by atoms with Crippen LogP contribution >= 0.6 is 0 Å². The highest BCUT2D eigenvalue weighted by atomic mass is 16.5. The summed E-state index contributed by atoms with van der Waals surface area (Å²) in [4.78, 5) is 30.7. The van der Waals surface area contributed by atoms with Gasteiger partial charge >= 0.3 is 5.69 Å². The third-order valence-electron chi connectivity index (χ3n) is 4.70. The average Bonchev–Trinajstić information content (AvgIpc) is 2.77. The highest BCUT2D eigenvalue weighted by Crippen LogP contribution is 2.26. The standard InChI is InChI=1S/C23H26N4O4/c1-15-12-17(6-9-21(15)28)20-13-19(26-23(30)27-20)16-4-7-18(8-5-16)31-14-22(29)25-11-3-10-24-2/h4-9,12-13,24,28H,3,10-11,14H2,1-2H3,(H,25,29)(H,26,27,30). The van der Waals surface area contributed by atoms with Crippen LogP contribution in [0.15, 0.2) is 53.3 Å². The Morgan fingerprint density at radius 1 is 1.10 bits per heavy atom. The lowest BCUT2D eigenvalue weighted by molar-refractivity contribution is -0.123. The summed E-state index contributed by atoms with van der Waals surface area (Å²) in [6.07, 6.45) is 0.854. The van der Waals surface area contributed by atoms with Crippen molar-refractivity contribution >= 4 is 5.91 Å². The van der Waals surface area contributed by atoms with Gasteiger partial charge in [0.25, 0.3) is 5.91 Å². The minimum absolute atomic E-state index is 0.0602. The maximum absolute atomic E-state index is 12.1. The first kappa shape index (κ1) is 22.0. The van der Waals surface area contributed by atoms with E-state index in [1.165, 1.54) is 0 Å². The Balaban J connectivity index is 1.68. The molecule has 0 aliphatic carbocycles. The number of phenolic OH excluding ortho intramolecular Hbond substituents is 1. The fraction of sp³-hybridized carbons (Fsp3) is 0.261. The van der Waals surface area contributed by atoms with Crippen molar-refractivity contribution in [1.82, 2.24) is 20.6 Å². The molecule has 1 aromatic heterocycles. The molecule has 8 nitrogen and oxygen atoms in total. The first-order valence-electron chi connectivity index (χ1n) is 10.0. The maximum Gasteiger partial charge on any atom is 0.345 e. The van der Waals surface area contributed by atoms with Crippen molar-refractivity contribution in [2.24, 2.45) is 0 Å². The van der Waals surface area contributed by atoms with E-state index in [0.717, 1.165) is 24.1 Å². The molecule has 31 heavy (non-hydrogen) atoms. The SMILES string of the molecule is CNCCCNC(=O)COc1ccc(-c2cc(-c3ccc(O)c(C)c3)nc(=O)[nH]2)cc1. The van der Waals surface area contributed by atoms with E-state index >= 15 is 0 Å². The molecule has 0 aliphatic rings. The minimum Gasteiger partial charge on any atom is -0.508 e. The van der Waals surface area contributed by atoms with E-state index in [1.807, 2.05) is 7.05 Å². The molecule has 0 bridgehead atoms.